The van der Waals surface area contributed by atoms with Crippen molar-refractivity contribution in [3.05, 3.63) is 41.2 Å². The first-order chi connectivity index (χ1) is 9.24. The molecule has 5 nitrogen and oxygen atoms in total. The highest BCUT2D eigenvalue weighted by molar-refractivity contribution is 5.29. The first-order valence-corrected chi connectivity index (χ1v) is 6.42. The van der Waals surface area contributed by atoms with Crippen molar-refractivity contribution in [2.75, 3.05) is 7.05 Å². The summed E-state index contributed by atoms with van der Waals surface area (Å²) in [5.74, 6) is 0.817. The Morgan fingerprint density at radius 1 is 1.26 bits per heavy atom. The second-order valence-electron chi connectivity index (χ2n) is 4.40. The molecule has 5 heteroatoms. The summed E-state index contributed by atoms with van der Waals surface area (Å²) < 4.78 is 10.3. The van der Waals surface area contributed by atoms with Crippen molar-refractivity contribution in [1.82, 2.24) is 15.6 Å². The second-order valence-corrected chi connectivity index (χ2v) is 4.40. The number of nitrogens with zero attached hydrogens (tertiary/aromatic N) is 2. The van der Waals surface area contributed by atoms with E-state index >= 15 is 0 Å². The summed E-state index contributed by atoms with van der Waals surface area (Å²) in [7, 11) is 1.97. The Labute approximate surface area is 112 Å². The van der Waals surface area contributed by atoms with Gasteiger partial charge in [0.05, 0.1) is 0 Å². The second kappa shape index (κ2) is 6.33. The zero-order valence-electron chi connectivity index (χ0n) is 11.5. The maximum atomic E-state index is 5.65. The zero-order chi connectivity index (χ0) is 13.7. The molecule has 1 atom stereocenters. The van der Waals surface area contributed by atoms with Crippen LogP contribution in [0.1, 0.15) is 36.3 Å². The van der Waals surface area contributed by atoms with E-state index in [1.54, 1.807) is 0 Å². The van der Waals surface area contributed by atoms with Crippen LogP contribution in [0.3, 0.4) is 0 Å². The molecule has 1 unspecified atom stereocenters. The molecule has 2 aromatic rings. The third kappa shape index (κ3) is 3.32. The molecule has 1 aromatic carbocycles. The van der Waals surface area contributed by atoms with Gasteiger partial charge in [-0.25, -0.2) is 4.63 Å². The maximum Gasteiger partial charge on any atom is 0.145 e. The molecule has 0 fully saturated rings. The van der Waals surface area contributed by atoms with Crippen molar-refractivity contribution >= 4 is 0 Å². The fourth-order valence-corrected chi connectivity index (χ4v) is 1.94. The van der Waals surface area contributed by atoms with Gasteiger partial charge in [-0.1, -0.05) is 29.4 Å². The van der Waals surface area contributed by atoms with Crippen molar-refractivity contribution < 1.29 is 9.37 Å². The molecule has 0 aliphatic heterocycles. The Morgan fingerprint density at radius 3 is 2.53 bits per heavy atom. The van der Waals surface area contributed by atoms with Gasteiger partial charge in [-0.2, -0.15) is 0 Å². The summed E-state index contributed by atoms with van der Waals surface area (Å²) in [6, 6.07) is 8.48. The fourth-order valence-electron chi connectivity index (χ4n) is 1.94. The van der Waals surface area contributed by atoms with Crippen LogP contribution in [0.15, 0.2) is 28.9 Å². The molecule has 19 heavy (non-hydrogen) atoms. The van der Waals surface area contributed by atoms with Gasteiger partial charge in [-0.05, 0) is 38.1 Å². The molecular formula is C14H19N3O2. The first kappa shape index (κ1) is 13.5. The lowest BCUT2D eigenvalue weighted by atomic mass is 10.1. The van der Waals surface area contributed by atoms with E-state index in [0.29, 0.717) is 12.6 Å². The normalized spacial score (nSPS) is 12.4. The number of rotatable bonds is 6. The lowest BCUT2D eigenvalue weighted by molar-refractivity contribution is 0.270. The van der Waals surface area contributed by atoms with E-state index in [9.17, 15) is 0 Å². The highest BCUT2D eigenvalue weighted by Crippen LogP contribution is 2.20. The summed E-state index contributed by atoms with van der Waals surface area (Å²) in [4.78, 5) is 0. The molecule has 0 aliphatic rings. The number of nitrogens with one attached hydrogen (secondary N) is 1. The van der Waals surface area contributed by atoms with Gasteiger partial charge in [0.1, 0.15) is 23.7 Å². The minimum Gasteiger partial charge on any atom is -0.487 e. The van der Waals surface area contributed by atoms with E-state index < -0.39 is 0 Å². The van der Waals surface area contributed by atoms with E-state index in [1.165, 1.54) is 5.56 Å². The van der Waals surface area contributed by atoms with Gasteiger partial charge in [0.15, 0.2) is 0 Å². The highest BCUT2D eigenvalue weighted by Gasteiger charge is 2.08. The molecule has 0 radical (unpaired) electrons. The topological polar surface area (TPSA) is 60.2 Å². The van der Waals surface area contributed by atoms with Crippen molar-refractivity contribution in [3.8, 4) is 5.75 Å². The third-order valence-corrected chi connectivity index (χ3v) is 3.16. The Hall–Kier alpha value is -1.88. The Bertz CT molecular complexity index is 504. The van der Waals surface area contributed by atoms with Gasteiger partial charge in [0.2, 0.25) is 0 Å². The highest BCUT2D eigenvalue weighted by atomic mass is 16.6. The SMILES string of the molecule is CCC(NC)c1ccc(OCc2nonc2C)cc1. The van der Waals surface area contributed by atoms with E-state index in [0.717, 1.165) is 23.6 Å². The van der Waals surface area contributed by atoms with Crippen LogP contribution in [0.5, 0.6) is 5.75 Å². The molecule has 0 bridgehead atoms. The van der Waals surface area contributed by atoms with E-state index in [2.05, 4.69) is 39.3 Å². The molecular weight excluding hydrogens is 242 g/mol. The lowest BCUT2D eigenvalue weighted by Gasteiger charge is -2.14. The minimum absolute atomic E-state index is 0.373. The first-order valence-electron chi connectivity index (χ1n) is 6.42. The molecule has 0 amide bonds. The van der Waals surface area contributed by atoms with Crippen LogP contribution >= 0.6 is 0 Å². The van der Waals surface area contributed by atoms with E-state index in [4.69, 9.17) is 4.74 Å². The van der Waals surface area contributed by atoms with Crippen LogP contribution < -0.4 is 10.1 Å². The molecule has 1 aromatic heterocycles. The number of aromatic nitrogens is 2. The Balaban J connectivity index is 1.97. The van der Waals surface area contributed by atoms with E-state index in [1.807, 2.05) is 26.1 Å². The monoisotopic (exact) mass is 261 g/mol. The van der Waals surface area contributed by atoms with Gasteiger partial charge < -0.3 is 10.1 Å². The van der Waals surface area contributed by atoms with Gasteiger partial charge in [0.25, 0.3) is 0 Å². The predicted octanol–water partition coefficient (Wildman–Crippen LogP) is 2.63. The van der Waals surface area contributed by atoms with Crippen LogP contribution in [-0.2, 0) is 6.61 Å². The van der Waals surface area contributed by atoms with Crippen LogP contribution in [-0.4, -0.2) is 17.4 Å². The summed E-state index contributed by atoms with van der Waals surface area (Å²) in [6.45, 7) is 4.38. The van der Waals surface area contributed by atoms with Crippen LogP contribution in [0.25, 0.3) is 0 Å². The van der Waals surface area contributed by atoms with Crippen molar-refractivity contribution in [3.63, 3.8) is 0 Å². The number of ether oxygens (including phenoxy) is 1. The lowest BCUT2D eigenvalue weighted by Crippen LogP contribution is -2.14. The largest absolute Gasteiger partial charge is 0.487 e. The minimum atomic E-state index is 0.373. The molecule has 0 saturated carbocycles. The molecule has 0 saturated heterocycles. The Morgan fingerprint density at radius 2 is 2.00 bits per heavy atom. The van der Waals surface area contributed by atoms with Crippen LogP contribution in [0.2, 0.25) is 0 Å². The quantitative estimate of drug-likeness (QED) is 0.866. The number of aryl methyl sites for hydroxylation is 1. The van der Waals surface area contributed by atoms with Crippen LogP contribution in [0, 0.1) is 6.92 Å². The summed E-state index contributed by atoms with van der Waals surface area (Å²) in [5, 5.41) is 10.8. The van der Waals surface area contributed by atoms with Crippen molar-refractivity contribution in [2.45, 2.75) is 32.9 Å². The molecule has 102 valence electrons. The Kier molecular flexibility index (Phi) is 4.52. The molecule has 1 N–H and O–H groups in total. The average molecular weight is 261 g/mol. The standard InChI is InChI=1S/C14H19N3O2/c1-4-13(15-3)11-5-7-12(8-6-11)18-9-14-10(2)16-19-17-14/h5-8,13,15H,4,9H2,1-3H3. The van der Waals surface area contributed by atoms with Crippen LogP contribution in [0.4, 0.5) is 0 Å². The number of hydrogen-bond donors (Lipinski definition) is 1. The van der Waals surface area contributed by atoms with Crippen molar-refractivity contribution in [2.24, 2.45) is 0 Å². The number of hydrogen-bond acceptors (Lipinski definition) is 5. The fraction of sp³-hybridized carbons (Fsp3) is 0.429. The van der Waals surface area contributed by atoms with E-state index in [-0.39, 0.29) is 0 Å². The zero-order valence-corrected chi connectivity index (χ0v) is 11.5. The predicted molar refractivity (Wildman–Crippen MR) is 71.9 cm³/mol. The maximum absolute atomic E-state index is 5.65. The van der Waals surface area contributed by atoms with Gasteiger partial charge in [0, 0.05) is 6.04 Å². The number of benzene rings is 1. The molecule has 0 spiro atoms. The van der Waals surface area contributed by atoms with Gasteiger partial charge >= 0.3 is 0 Å². The molecule has 0 aliphatic carbocycles. The summed E-state index contributed by atoms with van der Waals surface area (Å²) in [6.07, 6.45) is 1.06. The van der Waals surface area contributed by atoms with Crippen molar-refractivity contribution in [1.29, 1.82) is 0 Å². The average Bonchev–Trinajstić information content (AvgIpc) is 2.85. The summed E-state index contributed by atoms with van der Waals surface area (Å²) in [5.41, 5.74) is 2.75. The van der Waals surface area contributed by atoms with Gasteiger partial charge in [-0.15, -0.1) is 0 Å². The third-order valence-electron chi connectivity index (χ3n) is 3.16. The molecule has 1 heterocycles. The smallest absolute Gasteiger partial charge is 0.145 e. The van der Waals surface area contributed by atoms with Gasteiger partial charge in [-0.3, -0.25) is 0 Å². The molecule has 2 rings (SSSR count). The summed E-state index contributed by atoms with van der Waals surface area (Å²) >= 11 is 0.